The standard InChI is InChI=1S/C20H20N2O2/c1-22-12-15-11-17(24-2)6-7-18(15)20(23,13-22)16-5-8-19-14(10-16)4-3-9-21-19/h3-11,23H,12-13H2,1-2H3. The van der Waals surface area contributed by atoms with E-state index in [-0.39, 0.29) is 0 Å². The summed E-state index contributed by atoms with van der Waals surface area (Å²) in [5.41, 5.74) is 2.82. The molecule has 2 heterocycles. The summed E-state index contributed by atoms with van der Waals surface area (Å²) in [7, 11) is 3.69. The summed E-state index contributed by atoms with van der Waals surface area (Å²) in [5, 5.41) is 12.6. The second kappa shape index (κ2) is 5.58. The number of aliphatic hydroxyl groups is 1. The molecular formula is C20H20N2O2. The lowest BCUT2D eigenvalue weighted by molar-refractivity contribution is 0.0283. The van der Waals surface area contributed by atoms with E-state index in [1.165, 1.54) is 0 Å². The van der Waals surface area contributed by atoms with Gasteiger partial charge in [0.1, 0.15) is 11.4 Å². The Labute approximate surface area is 141 Å². The number of ether oxygens (including phenoxy) is 1. The highest BCUT2D eigenvalue weighted by Gasteiger charge is 2.38. The number of hydrogen-bond donors (Lipinski definition) is 1. The van der Waals surface area contributed by atoms with Gasteiger partial charge in [-0.15, -0.1) is 0 Å². The van der Waals surface area contributed by atoms with Crippen LogP contribution in [-0.2, 0) is 12.1 Å². The van der Waals surface area contributed by atoms with Crippen molar-refractivity contribution in [1.82, 2.24) is 9.88 Å². The molecule has 0 fully saturated rings. The van der Waals surface area contributed by atoms with Crippen LogP contribution in [0.5, 0.6) is 5.75 Å². The second-order valence-electron chi connectivity index (χ2n) is 6.47. The van der Waals surface area contributed by atoms with Crippen LogP contribution in [0.1, 0.15) is 16.7 Å². The van der Waals surface area contributed by atoms with Crippen LogP contribution in [0.4, 0.5) is 0 Å². The summed E-state index contributed by atoms with van der Waals surface area (Å²) >= 11 is 0. The number of methoxy groups -OCH3 is 1. The number of benzene rings is 2. The lowest BCUT2D eigenvalue weighted by Gasteiger charge is -2.40. The summed E-state index contributed by atoms with van der Waals surface area (Å²) in [4.78, 5) is 6.50. The van der Waals surface area contributed by atoms with Gasteiger partial charge in [-0.25, -0.2) is 0 Å². The van der Waals surface area contributed by atoms with Gasteiger partial charge in [-0.3, -0.25) is 9.88 Å². The summed E-state index contributed by atoms with van der Waals surface area (Å²) in [5.74, 6) is 0.814. The summed E-state index contributed by atoms with van der Waals surface area (Å²) in [6.07, 6.45) is 1.78. The molecule has 1 unspecified atom stereocenters. The van der Waals surface area contributed by atoms with Crippen LogP contribution in [0.15, 0.2) is 54.7 Å². The van der Waals surface area contributed by atoms with Crippen molar-refractivity contribution in [2.75, 3.05) is 20.7 Å². The van der Waals surface area contributed by atoms with E-state index in [0.717, 1.165) is 39.9 Å². The molecule has 24 heavy (non-hydrogen) atoms. The minimum Gasteiger partial charge on any atom is -0.497 e. The number of likely N-dealkylation sites (N-methyl/N-ethyl adjacent to an activating group) is 1. The number of aromatic nitrogens is 1. The van der Waals surface area contributed by atoms with E-state index in [2.05, 4.69) is 9.88 Å². The highest BCUT2D eigenvalue weighted by atomic mass is 16.5. The molecule has 1 atom stereocenters. The van der Waals surface area contributed by atoms with Gasteiger partial charge in [-0.05, 0) is 54.1 Å². The van der Waals surface area contributed by atoms with Crippen LogP contribution in [0.3, 0.4) is 0 Å². The highest BCUT2D eigenvalue weighted by Crippen LogP contribution is 2.39. The van der Waals surface area contributed by atoms with E-state index < -0.39 is 5.60 Å². The number of pyridine rings is 1. The maximum absolute atomic E-state index is 11.6. The molecule has 1 N–H and O–H groups in total. The van der Waals surface area contributed by atoms with Crippen molar-refractivity contribution in [2.45, 2.75) is 12.1 Å². The number of rotatable bonds is 2. The minimum atomic E-state index is -1.04. The molecule has 0 amide bonds. The van der Waals surface area contributed by atoms with Gasteiger partial charge in [0.2, 0.25) is 0 Å². The van der Waals surface area contributed by atoms with Crippen molar-refractivity contribution in [2.24, 2.45) is 0 Å². The maximum Gasteiger partial charge on any atom is 0.128 e. The minimum absolute atomic E-state index is 0.554. The van der Waals surface area contributed by atoms with Crippen molar-refractivity contribution >= 4 is 10.9 Å². The van der Waals surface area contributed by atoms with Gasteiger partial charge in [-0.2, -0.15) is 0 Å². The monoisotopic (exact) mass is 320 g/mol. The van der Waals surface area contributed by atoms with Gasteiger partial charge in [0, 0.05) is 24.7 Å². The summed E-state index contributed by atoms with van der Waals surface area (Å²) in [6, 6.07) is 15.8. The molecule has 1 aliphatic heterocycles. The molecule has 2 aromatic carbocycles. The third-order valence-corrected chi connectivity index (χ3v) is 4.78. The van der Waals surface area contributed by atoms with E-state index in [9.17, 15) is 5.11 Å². The Morgan fingerprint density at radius 2 is 2.04 bits per heavy atom. The molecule has 4 nitrogen and oxygen atoms in total. The molecule has 122 valence electrons. The molecule has 1 aliphatic rings. The van der Waals surface area contributed by atoms with Crippen molar-refractivity contribution in [3.05, 3.63) is 71.4 Å². The fraction of sp³-hybridized carbons (Fsp3) is 0.250. The molecule has 3 aromatic rings. The van der Waals surface area contributed by atoms with E-state index in [1.807, 2.05) is 55.6 Å². The molecule has 0 saturated carbocycles. The third-order valence-electron chi connectivity index (χ3n) is 4.78. The molecule has 4 heteroatoms. The topological polar surface area (TPSA) is 45.6 Å². The van der Waals surface area contributed by atoms with Gasteiger partial charge in [0.15, 0.2) is 0 Å². The van der Waals surface area contributed by atoms with E-state index in [4.69, 9.17) is 4.74 Å². The quantitative estimate of drug-likeness (QED) is 0.788. The number of fused-ring (bicyclic) bond motifs is 2. The average molecular weight is 320 g/mol. The highest BCUT2D eigenvalue weighted by molar-refractivity contribution is 5.79. The second-order valence-corrected chi connectivity index (χ2v) is 6.47. The van der Waals surface area contributed by atoms with Gasteiger partial charge in [0.05, 0.1) is 12.6 Å². The number of nitrogens with zero attached hydrogens (tertiary/aromatic N) is 2. The third kappa shape index (κ3) is 2.35. The predicted octanol–water partition coefficient (Wildman–Crippen LogP) is 2.92. The number of β-amino-alcohol motifs (C(OH)–C–C–N with tert-alkyl or cyclic N) is 1. The fourth-order valence-electron chi connectivity index (χ4n) is 3.63. The van der Waals surface area contributed by atoms with Gasteiger partial charge in [-0.1, -0.05) is 18.2 Å². The summed E-state index contributed by atoms with van der Waals surface area (Å²) in [6.45, 7) is 1.35. The van der Waals surface area contributed by atoms with Crippen molar-refractivity contribution < 1.29 is 9.84 Å². The zero-order chi connectivity index (χ0) is 16.7. The Kier molecular flexibility index (Phi) is 3.52. The molecule has 0 saturated heterocycles. The van der Waals surface area contributed by atoms with Crippen LogP contribution in [0.25, 0.3) is 10.9 Å². The molecular weight excluding hydrogens is 300 g/mol. The first-order chi connectivity index (χ1) is 11.6. The van der Waals surface area contributed by atoms with Crippen LogP contribution in [-0.4, -0.2) is 35.7 Å². The normalized spacial score (nSPS) is 20.8. The zero-order valence-electron chi connectivity index (χ0n) is 13.9. The van der Waals surface area contributed by atoms with Gasteiger partial charge >= 0.3 is 0 Å². The van der Waals surface area contributed by atoms with E-state index in [1.54, 1.807) is 13.3 Å². The Balaban J connectivity index is 1.89. The average Bonchev–Trinajstić information content (AvgIpc) is 2.60. The SMILES string of the molecule is COc1ccc2c(c1)CN(C)CC2(O)c1ccc2ncccc2c1. The van der Waals surface area contributed by atoms with E-state index in [0.29, 0.717) is 6.54 Å². The lowest BCUT2D eigenvalue weighted by Crippen LogP contribution is -2.44. The first-order valence-corrected chi connectivity index (χ1v) is 8.04. The largest absolute Gasteiger partial charge is 0.497 e. The fourth-order valence-corrected chi connectivity index (χ4v) is 3.63. The molecule has 0 aliphatic carbocycles. The van der Waals surface area contributed by atoms with Crippen LogP contribution < -0.4 is 4.74 Å². The zero-order valence-corrected chi connectivity index (χ0v) is 13.9. The van der Waals surface area contributed by atoms with E-state index >= 15 is 0 Å². The van der Waals surface area contributed by atoms with Crippen molar-refractivity contribution in [1.29, 1.82) is 0 Å². The van der Waals surface area contributed by atoms with Gasteiger partial charge in [0.25, 0.3) is 0 Å². The molecule has 0 spiro atoms. The first kappa shape index (κ1) is 15.1. The molecule has 0 radical (unpaired) electrons. The Hall–Kier alpha value is -2.43. The molecule has 1 aromatic heterocycles. The van der Waals surface area contributed by atoms with Crippen molar-refractivity contribution in [3.63, 3.8) is 0 Å². The molecule has 4 rings (SSSR count). The van der Waals surface area contributed by atoms with Crippen LogP contribution in [0.2, 0.25) is 0 Å². The first-order valence-electron chi connectivity index (χ1n) is 8.04. The van der Waals surface area contributed by atoms with Crippen molar-refractivity contribution in [3.8, 4) is 5.75 Å². The lowest BCUT2D eigenvalue weighted by atomic mass is 9.80. The Bertz CT molecular complexity index is 909. The summed E-state index contributed by atoms with van der Waals surface area (Å²) < 4.78 is 5.34. The number of hydrogen-bond acceptors (Lipinski definition) is 4. The maximum atomic E-state index is 11.6. The van der Waals surface area contributed by atoms with Crippen LogP contribution in [0, 0.1) is 0 Å². The predicted molar refractivity (Wildman–Crippen MR) is 94.1 cm³/mol. The molecule has 0 bridgehead atoms. The van der Waals surface area contributed by atoms with Gasteiger partial charge < -0.3 is 9.84 Å². The van der Waals surface area contributed by atoms with Crippen LogP contribution >= 0.6 is 0 Å². The Morgan fingerprint density at radius 3 is 2.88 bits per heavy atom. The Morgan fingerprint density at radius 1 is 1.17 bits per heavy atom. The smallest absolute Gasteiger partial charge is 0.128 e.